The van der Waals surface area contributed by atoms with E-state index in [4.69, 9.17) is 0 Å². The Morgan fingerprint density at radius 2 is 1.41 bits per heavy atom. The summed E-state index contributed by atoms with van der Waals surface area (Å²) in [5, 5.41) is 1.31. The van der Waals surface area contributed by atoms with Gasteiger partial charge in [-0.1, -0.05) is 60.7 Å². The predicted octanol–water partition coefficient (Wildman–Crippen LogP) is 5.20. The molecule has 1 aromatic heterocycles. The van der Waals surface area contributed by atoms with Crippen molar-refractivity contribution in [2.45, 2.75) is 6.42 Å². The van der Waals surface area contributed by atoms with Crippen molar-refractivity contribution in [2.75, 3.05) is 0 Å². The van der Waals surface area contributed by atoms with Gasteiger partial charge in [0.25, 0.3) is 0 Å². The van der Waals surface area contributed by atoms with Crippen molar-refractivity contribution in [1.82, 2.24) is 4.57 Å². The minimum atomic E-state index is 0.972. The molecule has 5 rings (SSSR count). The summed E-state index contributed by atoms with van der Waals surface area (Å²) in [5.41, 5.74) is 8.00. The number of fused-ring (bicyclic) bond motifs is 7. The largest absolute Gasteiger partial charge is 0.313 e. The maximum Gasteiger partial charge on any atom is 0.0537 e. The Kier molecular flexibility index (Phi) is 2.33. The fourth-order valence-corrected chi connectivity index (χ4v) is 3.66. The average Bonchev–Trinajstić information content (AvgIpc) is 2.86. The van der Waals surface area contributed by atoms with Crippen molar-refractivity contribution in [3.05, 3.63) is 90.1 Å². The zero-order chi connectivity index (χ0) is 14.5. The molecule has 0 saturated carbocycles. The molecule has 1 aliphatic heterocycles. The second kappa shape index (κ2) is 4.35. The van der Waals surface area contributed by atoms with Crippen LogP contribution in [0.1, 0.15) is 11.3 Å². The topological polar surface area (TPSA) is 4.93 Å². The highest BCUT2D eigenvalue weighted by Crippen LogP contribution is 2.37. The van der Waals surface area contributed by atoms with Crippen LogP contribution in [0, 0.1) is 0 Å². The maximum atomic E-state index is 2.42. The van der Waals surface area contributed by atoms with Gasteiger partial charge in [0, 0.05) is 23.1 Å². The van der Waals surface area contributed by atoms with E-state index in [1.807, 2.05) is 0 Å². The van der Waals surface area contributed by atoms with Crippen LogP contribution in [0.25, 0.3) is 27.7 Å². The maximum absolute atomic E-state index is 2.42. The van der Waals surface area contributed by atoms with Gasteiger partial charge in [-0.15, -0.1) is 0 Å². The number of hydrogen-bond acceptors (Lipinski definition) is 0. The van der Waals surface area contributed by atoms with Gasteiger partial charge < -0.3 is 4.57 Å². The van der Waals surface area contributed by atoms with Gasteiger partial charge in [0.2, 0.25) is 0 Å². The molecule has 0 radical (unpaired) electrons. The zero-order valence-electron chi connectivity index (χ0n) is 12.2. The monoisotopic (exact) mass is 281 g/mol. The smallest absolute Gasteiger partial charge is 0.0537 e. The van der Waals surface area contributed by atoms with Crippen LogP contribution in [0.4, 0.5) is 0 Å². The highest BCUT2D eigenvalue weighted by molar-refractivity contribution is 5.87. The number of benzene rings is 3. The fourth-order valence-electron chi connectivity index (χ4n) is 3.66. The molecule has 0 fully saturated rings. The molecule has 1 nitrogen and oxygen atoms in total. The van der Waals surface area contributed by atoms with Crippen molar-refractivity contribution in [3.63, 3.8) is 0 Å². The van der Waals surface area contributed by atoms with E-state index in [0.29, 0.717) is 0 Å². The van der Waals surface area contributed by atoms with Crippen molar-refractivity contribution >= 4 is 10.9 Å². The van der Waals surface area contributed by atoms with Crippen LogP contribution in [0.5, 0.6) is 0 Å². The summed E-state index contributed by atoms with van der Waals surface area (Å²) in [6.45, 7) is 0. The van der Waals surface area contributed by atoms with Gasteiger partial charge in [-0.05, 0) is 29.3 Å². The van der Waals surface area contributed by atoms with E-state index in [-0.39, 0.29) is 0 Å². The van der Waals surface area contributed by atoms with Crippen molar-refractivity contribution in [1.29, 1.82) is 0 Å². The van der Waals surface area contributed by atoms with E-state index in [1.54, 1.807) is 0 Å². The van der Waals surface area contributed by atoms with Gasteiger partial charge >= 0.3 is 0 Å². The van der Waals surface area contributed by atoms with Crippen molar-refractivity contribution in [2.24, 2.45) is 0 Å². The molecule has 1 heteroatoms. The lowest BCUT2D eigenvalue weighted by atomic mass is 9.97. The Hall–Kier alpha value is -2.80. The first-order valence-electron chi connectivity index (χ1n) is 7.69. The fraction of sp³-hybridized carbons (Fsp3) is 0.0476. The van der Waals surface area contributed by atoms with Crippen LogP contribution in [0.15, 0.2) is 78.9 Å². The Balaban J connectivity index is 1.96. The van der Waals surface area contributed by atoms with Gasteiger partial charge in [-0.2, -0.15) is 0 Å². The second-order valence-electron chi connectivity index (χ2n) is 5.88. The SMILES string of the molecule is c1ccc2c(c1)Cc1cc3ccccc3n1-c1ccccc1-2. The molecular weight excluding hydrogens is 266 g/mol. The minimum absolute atomic E-state index is 0.972. The van der Waals surface area contributed by atoms with Crippen LogP contribution in [-0.4, -0.2) is 4.57 Å². The third kappa shape index (κ3) is 1.54. The summed E-state index contributed by atoms with van der Waals surface area (Å²) in [4.78, 5) is 0. The first kappa shape index (κ1) is 11.8. The third-order valence-electron chi connectivity index (χ3n) is 4.61. The van der Waals surface area contributed by atoms with E-state index >= 15 is 0 Å². The number of aromatic nitrogens is 1. The van der Waals surface area contributed by atoms with Crippen molar-refractivity contribution in [3.8, 4) is 16.8 Å². The second-order valence-corrected chi connectivity index (χ2v) is 5.88. The molecule has 0 atom stereocenters. The van der Waals surface area contributed by atoms with Crippen LogP contribution < -0.4 is 0 Å². The number of para-hydroxylation sites is 2. The highest BCUT2D eigenvalue weighted by Gasteiger charge is 2.20. The molecule has 0 aliphatic carbocycles. The predicted molar refractivity (Wildman–Crippen MR) is 91.5 cm³/mol. The highest BCUT2D eigenvalue weighted by atomic mass is 15.0. The van der Waals surface area contributed by atoms with E-state index in [2.05, 4.69) is 83.4 Å². The Bertz CT molecular complexity index is 1010. The average molecular weight is 281 g/mol. The Labute approximate surface area is 129 Å². The molecule has 0 saturated heterocycles. The summed E-state index contributed by atoms with van der Waals surface area (Å²) in [7, 11) is 0. The quantitative estimate of drug-likeness (QED) is 0.367. The number of rotatable bonds is 0. The molecule has 0 unspecified atom stereocenters. The van der Waals surface area contributed by atoms with Gasteiger partial charge in [0.05, 0.1) is 11.2 Å². The van der Waals surface area contributed by atoms with E-state index < -0.39 is 0 Å². The minimum Gasteiger partial charge on any atom is -0.313 e. The molecule has 104 valence electrons. The molecule has 0 N–H and O–H groups in total. The first-order valence-corrected chi connectivity index (χ1v) is 7.69. The standard InChI is InChI=1S/C21H15N/c1-3-9-18-15(7-1)13-17-14-16-8-2-5-11-20(16)22(17)21-12-6-4-10-19(18)21/h1-12,14H,13H2. The normalized spacial score (nSPS) is 12.4. The van der Waals surface area contributed by atoms with Crippen LogP contribution in [0.2, 0.25) is 0 Å². The number of nitrogens with zero attached hydrogens (tertiary/aromatic N) is 1. The lowest BCUT2D eigenvalue weighted by Crippen LogP contribution is -1.98. The molecule has 22 heavy (non-hydrogen) atoms. The van der Waals surface area contributed by atoms with Gasteiger partial charge in [-0.25, -0.2) is 0 Å². The Morgan fingerprint density at radius 1 is 0.682 bits per heavy atom. The third-order valence-corrected chi connectivity index (χ3v) is 4.61. The van der Waals surface area contributed by atoms with E-state index in [0.717, 1.165) is 6.42 Å². The van der Waals surface area contributed by atoms with Crippen LogP contribution in [-0.2, 0) is 6.42 Å². The molecule has 0 amide bonds. The molecule has 1 aliphatic rings. The summed E-state index contributed by atoms with van der Waals surface area (Å²) in [6, 6.07) is 28.5. The molecule has 0 bridgehead atoms. The summed E-state index contributed by atoms with van der Waals surface area (Å²) < 4.78 is 2.42. The van der Waals surface area contributed by atoms with E-state index in [9.17, 15) is 0 Å². The summed E-state index contributed by atoms with van der Waals surface area (Å²) in [6.07, 6.45) is 0.972. The summed E-state index contributed by atoms with van der Waals surface area (Å²) >= 11 is 0. The first-order chi connectivity index (χ1) is 10.9. The Morgan fingerprint density at radius 3 is 2.36 bits per heavy atom. The molecule has 4 aromatic rings. The molecule has 0 spiro atoms. The number of hydrogen-bond donors (Lipinski definition) is 0. The lowest BCUT2D eigenvalue weighted by Gasteiger charge is -2.12. The summed E-state index contributed by atoms with van der Waals surface area (Å²) in [5.74, 6) is 0. The molecular formula is C21H15N. The van der Waals surface area contributed by atoms with Gasteiger partial charge in [-0.3, -0.25) is 0 Å². The van der Waals surface area contributed by atoms with Crippen molar-refractivity contribution < 1.29 is 0 Å². The molecule has 2 heterocycles. The lowest BCUT2D eigenvalue weighted by molar-refractivity contribution is 1.00. The molecule has 3 aromatic carbocycles. The van der Waals surface area contributed by atoms with Crippen LogP contribution in [0.3, 0.4) is 0 Å². The van der Waals surface area contributed by atoms with Gasteiger partial charge in [0.15, 0.2) is 0 Å². The van der Waals surface area contributed by atoms with Crippen LogP contribution >= 0.6 is 0 Å². The zero-order valence-corrected chi connectivity index (χ0v) is 12.2. The van der Waals surface area contributed by atoms with E-state index in [1.165, 1.54) is 39.0 Å². The van der Waals surface area contributed by atoms with Gasteiger partial charge in [0.1, 0.15) is 0 Å².